The molecule has 3 rings (SSSR count). The van der Waals surface area contributed by atoms with Gasteiger partial charge in [0.15, 0.2) is 0 Å². The second-order valence-electron chi connectivity index (χ2n) is 9.59. The highest BCUT2D eigenvalue weighted by Crippen LogP contribution is 2.48. The summed E-state index contributed by atoms with van der Waals surface area (Å²) in [5.74, 6) is -0.147. The van der Waals surface area contributed by atoms with Crippen molar-refractivity contribution in [3.05, 3.63) is 108 Å². The molecule has 3 aromatic carbocycles. The van der Waals surface area contributed by atoms with E-state index in [1.807, 2.05) is 54.6 Å². The Balaban J connectivity index is 2.00. The molecule has 3 aromatic rings. The van der Waals surface area contributed by atoms with Gasteiger partial charge in [0, 0.05) is 5.75 Å². The van der Waals surface area contributed by atoms with Gasteiger partial charge in [0.1, 0.15) is 5.60 Å². The summed E-state index contributed by atoms with van der Waals surface area (Å²) < 4.78 is 4.68. The highest BCUT2D eigenvalue weighted by molar-refractivity contribution is 8.00. The van der Waals surface area contributed by atoms with Gasteiger partial charge in [0.2, 0.25) is 5.91 Å². The first-order valence-electron chi connectivity index (χ1n) is 12.0. The van der Waals surface area contributed by atoms with Crippen molar-refractivity contribution in [2.24, 2.45) is 5.73 Å². The fourth-order valence-corrected chi connectivity index (χ4v) is 5.56. The number of alkyl carbamates (subject to hydrolysis) is 1. The minimum atomic E-state index is -0.783. The average Bonchev–Trinajstić information content (AvgIpc) is 2.84. The monoisotopic (exact) mass is 505 g/mol. The quantitative estimate of drug-likeness (QED) is 0.279. The van der Waals surface area contributed by atoms with E-state index in [-0.39, 0.29) is 0 Å². The van der Waals surface area contributed by atoms with Gasteiger partial charge in [-0.2, -0.15) is 0 Å². The van der Waals surface area contributed by atoms with Crippen LogP contribution in [0.15, 0.2) is 91.0 Å². The molecular weight excluding hydrogens is 470 g/mol. The average molecular weight is 506 g/mol. The highest BCUT2D eigenvalue weighted by atomic mass is 32.2. The van der Waals surface area contributed by atoms with Gasteiger partial charge in [-0.3, -0.25) is 15.4 Å². The number of rotatable bonds is 9. The maximum atomic E-state index is 13.2. The number of carbonyl (C=O) groups excluding carboxylic acids is 2. The van der Waals surface area contributed by atoms with Crippen molar-refractivity contribution in [3.63, 3.8) is 0 Å². The lowest BCUT2D eigenvalue weighted by atomic mass is 9.84. The van der Waals surface area contributed by atoms with Gasteiger partial charge in [-0.05, 0) is 44.4 Å². The standard InChI is InChI=1S/C29H35N3O3S/c1-21(30)31-25(26(33)32-27(34)35-28(2,3)4)20-36-29(22-14-8-5-9-15-22,23-16-10-6-11-17-23)24-18-12-7-13-19-24/h5-19,21,25,31H,20,30H2,1-4H3,(H,32,33,34)/t21?,25-/m0/s1. The summed E-state index contributed by atoms with van der Waals surface area (Å²) in [7, 11) is 0. The van der Waals surface area contributed by atoms with Gasteiger partial charge in [-0.25, -0.2) is 4.79 Å². The second kappa shape index (κ2) is 12.2. The number of benzene rings is 3. The molecule has 0 bridgehead atoms. The van der Waals surface area contributed by atoms with Gasteiger partial charge in [0.05, 0.1) is 17.0 Å². The number of nitrogens with one attached hydrogen (secondary N) is 2. The summed E-state index contributed by atoms with van der Waals surface area (Å²) in [6, 6.07) is 29.9. The van der Waals surface area contributed by atoms with Crippen LogP contribution in [0.5, 0.6) is 0 Å². The predicted octanol–water partition coefficient (Wildman–Crippen LogP) is 5.03. The first-order chi connectivity index (χ1) is 17.1. The molecule has 4 N–H and O–H groups in total. The third-order valence-electron chi connectivity index (χ3n) is 5.41. The van der Waals surface area contributed by atoms with Crippen molar-refractivity contribution in [2.45, 2.75) is 50.3 Å². The zero-order valence-corrected chi connectivity index (χ0v) is 22.0. The highest BCUT2D eigenvalue weighted by Gasteiger charge is 2.38. The van der Waals surface area contributed by atoms with Crippen LogP contribution in [-0.2, 0) is 14.3 Å². The molecule has 0 saturated carbocycles. The molecule has 1 unspecified atom stereocenters. The van der Waals surface area contributed by atoms with Crippen LogP contribution in [0.2, 0.25) is 0 Å². The minimum Gasteiger partial charge on any atom is -0.444 e. The molecular formula is C29H35N3O3S. The lowest BCUT2D eigenvalue weighted by Gasteiger charge is -2.36. The molecule has 0 aromatic heterocycles. The van der Waals surface area contributed by atoms with Crippen LogP contribution in [0.25, 0.3) is 0 Å². The van der Waals surface area contributed by atoms with Crippen molar-refractivity contribution >= 4 is 23.8 Å². The summed E-state index contributed by atoms with van der Waals surface area (Å²) in [6.07, 6.45) is -1.24. The normalized spacial score (nSPS) is 13.5. The van der Waals surface area contributed by atoms with Crippen molar-refractivity contribution < 1.29 is 14.3 Å². The lowest BCUT2D eigenvalue weighted by molar-refractivity contribution is -0.122. The molecule has 0 fully saturated rings. The summed E-state index contributed by atoms with van der Waals surface area (Å²) in [4.78, 5) is 25.5. The summed E-state index contributed by atoms with van der Waals surface area (Å²) in [5.41, 5.74) is 8.55. The molecule has 7 heteroatoms. The van der Waals surface area contributed by atoms with E-state index in [0.717, 1.165) is 16.7 Å². The molecule has 36 heavy (non-hydrogen) atoms. The number of nitrogens with two attached hydrogens (primary N) is 1. The van der Waals surface area contributed by atoms with Crippen LogP contribution in [0.4, 0.5) is 4.79 Å². The molecule has 0 aliphatic heterocycles. The number of thioether (sulfide) groups is 1. The second-order valence-corrected chi connectivity index (χ2v) is 10.8. The number of amides is 2. The number of imide groups is 1. The summed E-state index contributed by atoms with van der Waals surface area (Å²) in [5, 5.41) is 5.48. The Morgan fingerprint density at radius 1 is 0.833 bits per heavy atom. The topological polar surface area (TPSA) is 93.5 Å². The van der Waals surface area contributed by atoms with Crippen LogP contribution in [0.3, 0.4) is 0 Å². The largest absolute Gasteiger partial charge is 0.444 e. The van der Waals surface area contributed by atoms with Gasteiger partial charge >= 0.3 is 6.09 Å². The van der Waals surface area contributed by atoms with E-state index >= 15 is 0 Å². The van der Waals surface area contributed by atoms with Gasteiger partial charge in [0.25, 0.3) is 0 Å². The molecule has 0 heterocycles. The number of ether oxygens (including phenoxy) is 1. The first kappa shape index (κ1) is 27.5. The summed E-state index contributed by atoms with van der Waals surface area (Å²) >= 11 is 1.62. The Labute approximate surface area is 218 Å². The van der Waals surface area contributed by atoms with Gasteiger partial charge < -0.3 is 10.5 Å². The van der Waals surface area contributed by atoms with Crippen molar-refractivity contribution in [1.29, 1.82) is 0 Å². The zero-order chi connectivity index (χ0) is 26.2. The van der Waals surface area contributed by atoms with Gasteiger partial charge in [-0.15, -0.1) is 11.8 Å². The lowest BCUT2D eigenvalue weighted by Crippen LogP contribution is -2.53. The molecule has 190 valence electrons. The molecule has 0 aliphatic rings. The maximum absolute atomic E-state index is 13.2. The maximum Gasteiger partial charge on any atom is 0.414 e. The first-order valence-corrected chi connectivity index (χ1v) is 13.0. The van der Waals surface area contributed by atoms with E-state index in [2.05, 4.69) is 47.0 Å². The predicted molar refractivity (Wildman–Crippen MR) is 147 cm³/mol. The molecule has 0 saturated heterocycles. The van der Waals surface area contributed by atoms with Crippen LogP contribution >= 0.6 is 11.8 Å². The molecule has 2 amide bonds. The Morgan fingerprint density at radius 2 is 1.25 bits per heavy atom. The smallest absolute Gasteiger partial charge is 0.414 e. The minimum absolute atomic E-state index is 0.342. The van der Waals surface area contributed by atoms with Crippen molar-refractivity contribution in [1.82, 2.24) is 10.6 Å². The van der Waals surface area contributed by atoms with E-state index in [1.165, 1.54) is 0 Å². The number of hydrogen-bond acceptors (Lipinski definition) is 6. The van der Waals surface area contributed by atoms with Crippen molar-refractivity contribution in [3.8, 4) is 0 Å². The Kier molecular flexibility index (Phi) is 9.31. The Bertz CT molecular complexity index is 1020. The van der Waals surface area contributed by atoms with Crippen LogP contribution in [-0.4, -0.2) is 35.6 Å². The third-order valence-corrected chi connectivity index (χ3v) is 7.05. The van der Waals surface area contributed by atoms with Crippen LogP contribution in [0.1, 0.15) is 44.4 Å². The van der Waals surface area contributed by atoms with Crippen LogP contribution < -0.4 is 16.4 Å². The zero-order valence-electron chi connectivity index (χ0n) is 21.2. The Morgan fingerprint density at radius 3 is 1.61 bits per heavy atom. The molecule has 0 radical (unpaired) electrons. The molecule has 6 nitrogen and oxygen atoms in total. The molecule has 0 spiro atoms. The van der Waals surface area contributed by atoms with Crippen molar-refractivity contribution in [2.75, 3.05) is 5.75 Å². The molecule has 0 aliphatic carbocycles. The third kappa shape index (κ3) is 7.20. The van der Waals surface area contributed by atoms with Gasteiger partial charge in [-0.1, -0.05) is 91.0 Å². The van der Waals surface area contributed by atoms with Crippen LogP contribution in [0, 0.1) is 0 Å². The SMILES string of the molecule is CC(N)N[C@@H](CSC(c1ccccc1)(c1ccccc1)c1ccccc1)C(=O)NC(=O)OC(C)(C)C. The van der Waals surface area contributed by atoms with E-state index in [9.17, 15) is 9.59 Å². The Hall–Kier alpha value is -3.13. The summed E-state index contributed by atoms with van der Waals surface area (Å²) in [6.45, 7) is 7.01. The number of carbonyl (C=O) groups is 2. The van der Waals surface area contributed by atoms with E-state index in [4.69, 9.17) is 10.5 Å². The molecule has 2 atom stereocenters. The number of hydrogen-bond donors (Lipinski definition) is 3. The van der Waals surface area contributed by atoms with E-state index in [0.29, 0.717) is 5.75 Å². The fourth-order valence-electron chi connectivity index (χ4n) is 3.99. The van der Waals surface area contributed by atoms with E-state index < -0.39 is 34.6 Å². The van der Waals surface area contributed by atoms with E-state index in [1.54, 1.807) is 39.5 Å². The fraction of sp³-hybridized carbons (Fsp3) is 0.310.